The number of para-hydroxylation sites is 2. The zero-order valence-electron chi connectivity index (χ0n) is 28.9. The summed E-state index contributed by atoms with van der Waals surface area (Å²) >= 11 is 0. The third kappa shape index (κ3) is 5.47. The van der Waals surface area contributed by atoms with Crippen LogP contribution in [0.25, 0.3) is 72.0 Å². The van der Waals surface area contributed by atoms with E-state index in [1.54, 1.807) is 0 Å². The number of hydrogen-bond acceptors (Lipinski definition) is 2. The van der Waals surface area contributed by atoms with Crippen LogP contribution in [0.1, 0.15) is 0 Å². The second kappa shape index (κ2) is 12.9. The number of anilines is 3. The molecule has 0 amide bonds. The molecule has 0 saturated carbocycles. The van der Waals surface area contributed by atoms with E-state index in [0.29, 0.717) is 0 Å². The van der Waals surface area contributed by atoms with Crippen LogP contribution in [-0.2, 0) is 0 Å². The molecule has 0 bridgehead atoms. The molecule has 0 atom stereocenters. The summed E-state index contributed by atoms with van der Waals surface area (Å²) in [6.07, 6.45) is 0. The number of furan rings is 1. The first-order valence-electron chi connectivity index (χ1n) is 18.0. The first-order chi connectivity index (χ1) is 26.3. The van der Waals surface area contributed by atoms with E-state index in [1.807, 2.05) is 6.07 Å². The summed E-state index contributed by atoms with van der Waals surface area (Å²) in [5, 5.41) is 2.21. The van der Waals surface area contributed by atoms with E-state index in [-0.39, 0.29) is 0 Å². The molecular formula is C50H34N2O. The molecule has 0 N–H and O–H groups in total. The molecule has 0 unspecified atom stereocenters. The normalized spacial score (nSPS) is 11.4. The van der Waals surface area contributed by atoms with Gasteiger partial charge in [-0.2, -0.15) is 0 Å². The van der Waals surface area contributed by atoms with Gasteiger partial charge in [-0.05, 0) is 106 Å². The van der Waals surface area contributed by atoms with Crippen LogP contribution in [0.4, 0.5) is 17.1 Å². The fourth-order valence-corrected chi connectivity index (χ4v) is 7.61. The fourth-order valence-electron chi connectivity index (χ4n) is 7.61. The van der Waals surface area contributed by atoms with E-state index in [9.17, 15) is 0 Å². The van der Waals surface area contributed by atoms with Gasteiger partial charge in [0, 0.05) is 33.5 Å². The van der Waals surface area contributed by atoms with Crippen LogP contribution in [0.15, 0.2) is 211 Å². The number of benzene rings is 8. The predicted molar refractivity (Wildman–Crippen MR) is 222 cm³/mol. The highest BCUT2D eigenvalue weighted by atomic mass is 16.3. The Bertz CT molecular complexity index is 2750. The third-order valence-electron chi connectivity index (χ3n) is 10.2. The van der Waals surface area contributed by atoms with Crippen molar-refractivity contribution in [1.29, 1.82) is 0 Å². The molecule has 2 heterocycles. The van der Waals surface area contributed by atoms with Crippen molar-refractivity contribution in [2.45, 2.75) is 0 Å². The Morgan fingerprint density at radius 1 is 0.358 bits per heavy atom. The van der Waals surface area contributed by atoms with E-state index in [0.717, 1.165) is 66.8 Å². The van der Waals surface area contributed by atoms with Gasteiger partial charge in [0.1, 0.15) is 11.1 Å². The highest BCUT2D eigenvalue weighted by Crippen LogP contribution is 2.41. The van der Waals surface area contributed by atoms with E-state index < -0.39 is 0 Å². The Morgan fingerprint density at radius 2 is 0.792 bits per heavy atom. The standard InChI is InChI=1S/C50H34N2O/c1-4-12-35(13-5-1)37-20-27-42(28-21-37)51(43-29-22-38(23-30-43)36-14-6-2-7-15-36)44-31-24-39(25-32-44)40-26-33-47-46(34-40)50-49(45-18-10-11-19-48(45)53-50)52(47)41-16-8-3-9-17-41/h1-34H. The Labute approximate surface area is 308 Å². The SMILES string of the molecule is c1ccc(-c2ccc(N(c3ccc(-c4ccccc4)cc3)c3ccc(-c4ccc5c(c4)c4oc6ccccc6c4n5-c4ccccc4)cc3)cc2)cc1. The number of fused-ring (bicyclic) bond motifs is 5. The molecule has 250 valence electrons. The molecule has 0 aliphatic heterocycles. The lowest BCUT2D eigenvalue weighted by Crippen LogP contribution is -2.09. The average molecular weight is 679 g/mol. The number of nitrogens with zero attached hydrogens (tertiary/aromatic N) is 2. The van der Waals surface area contributed by atoms with E-state index in [2.05, 4.69) is 210 Å². The molecular weight excluding hydrogens is 645 g/mol. The molecule has 0 saturated heterocycles. The van der Waals surface area contributed by atoms with Crippen molar-refractivity contribution < 1.29 is 4.42 Å². The van der Waals surface area contributed by atoms with E-state index in [1.165, 1.54) is 22.3 Å². The summed E-state index contributed by atoms with van der Waals surface area (Å²) < 4.78 is 8.88. The maximum absolute atomic E-state index is 6.55. The van der Waals surface area contributed by atoms with Crippen molar-refractivity contribution >= 4 is 50.0 Å². The number of hydrogen-bond donors (Lipinski definition) is 0. The molecule has 53 heavy (non-hydrogen) atoms. The molecule has 3 heteroatoms. The lowest BCUT2D eigenvalue weighted by Gasteiger charge is -2.26. The van der Waals surface area contributed by atoms with E-state index >= 15 is 0 Å². The first kappa shape index (κ1) is 30.7. The molecule has 0 fully saturated rings. The maximum atomic E-state index is 6.55. The van der Waals surface area contributed by atoms with Crippen LogP contribution in [0.3, 0.4) is 0 Å². The van der Waals surface area contributed by atoms with Gasteiger partial charge in [0.25, 0.3) is 0 Å². The summed E-state index contributed by atoms with van der Waals surface area (Å²) in [7, 11) is 0. The largest absolute Gasteiger partial charge is 0.454 e. The molecule has 0 aliphatic carbocycles. The molecule has 8 aromatic carbocycles. The average Bonchev–Trinajstić information content (AvgIpc) is 3.77. The van der Waals surface area contributed by atoms with Crippen molar-refractivity contribution in [2.24, 2.45) is 0 Å². The Kier molecular flexibility index (Phi) is 7.47. The molecule has 3 nitrogen and oxygen atoms in total. The lowest BCUT2D eigenvalue weighted by molar-refractivity contribution is 0.673. The van der Waals surface area contributed by atoms with Gasteiger partial charge >= 0.3 is 0 Å². The predicted octanol–water partition coefficient (Wildman–Crippen LogP) is 14.0. The minimum Gasteiger partial charge on any atom is -0.454 e. The van der Waals surface area contributed by atoms with Crippen LogP contribution < -0.4 is 4.90 Å². The second-order valence-corrected chi connectivity index (χ2v) is 13.4. The van der Waals surface area contributed by atoms with Gasteiger partial charge in [-0.25, -0.2) is 0 Å². The van der Waals surface area contributed by atoms with Crippen molar-refractivity contribution in [3.8, 4) is 39.1 Å². The quantitative estimate of drug-likeness (QED) is 0.167. The zero-order chi connectivity index (χ0) is 35.1. The lowest BCUT2D eigenvalue weighted by atomic mass is 10.0. The number of aromatic nitrogens is 1. The van der Waals surface area contributed by atoms with Gasteiger partial charge in [0.05, 0.1) is 5.52 Å². The Morgan fingerprint density at radius 3 is 1.34 bits per heavy atom. The second-order valence-electron chi connectivity index (χ2n) is 13.4. The van der Waals surface area contributed by atoms with Gasteiger partial charge in [-0.3, -0.25) is 0 Å². The van der Waals surface area contributed by atoms with Crippen LogP contribution in [0.5, 0.6) is 0 Å². The highest BCUT2D eigenvalue weighted by Gasteiger charge is 2.20. The minimum atomic E-state index is 0.896. The monoisotopic (exact) mass is 678 g/mol. The molecule has 10 rings (SSSR count). The van der Waals surface area contributed by atoms with Gasteiger partial charge in [-0.15, -0.1) is 0 Å². The molecule has 0 aliphatic rings. The fraction of sp³-hybridized carbons (Fsp3) is 0. The van der Waals surface area contributed by atoms with Crippen LogP contribution >= 0.6 is 0 Å². The van der Waals surface area contributed by atoms with Gasteiger partial charge in [0.15, 0.2) is 5.58 Å². The summed E-state index contributed by atoms with van der Waals surface area (Å²) in [6.45, 7) is 0. The summed E-state index contributed by atoms with van der Waals surface area (Å²) in [4.78, 5) is 2.33. The summed E-state index contributed by atoms with van der Waals surface area (Å²) in [5.41, 5.74) is 15.5. The minimum absolute atomic E-state index is 0.896. The van der Waals surface area contributed by atoms with Crippen LogP contribution in [0.2, 0.25) is 0 Å². The van der Waals surface area contributed by atoms with Crippen molar-refractivity contribution in [3.63, 3.8) is 0 Å². The van der Waals surface area contributed by atoms with Gasteiger partial charge < -0.3 is 13.9 Å². The zero-order valence-corrected chi connectivity index (χ0v) is 28.9. The van der Waals surface area contributed by atoms with Crippen LogP contribution in [-0.4, -0.2) is 4.57 Å². The van der Waals surface area contributed by atoms with E-state index in [4.69, 9.17) is 4.42 Å². The molecule has 0 spiro atoms. The van der Waals surface area contributed by atoms with Crippen molar-refractivity contribution in [1.82, 2.24) is 4.57 Å². The maximum Gasteiger partial charge on any atom is 0.161 e. The molecule has 0 radical (unpaired) electrons. The number of rotatable bonds is 7. The van der Waals surface area contributed by atoms with Crippen molar-refractivity contribution in [2.75, 3.05) is 4.90 Å². The Hall–Kier alpha value is -7.10. The smallest absolute Gasteiger partial charge is 0.161 e. The molecule has 10 aromatic rings. The van der Waals surface area contributed by atoms with Crippen molar-refractivity contribution in [3.05, 3.63) is 206 Å². The van der Waals surface area contributed by atoms with Gasteiger partial charge in [-0.1, -0.05) is 133 Å². The summed E-state index contributed by atoms with van der Waals surface area (Å²) in [6, 6.07) is 73.2. The Balaban J connectivity index is 1.05. The topological polar surface area (TPSA) is 21.3 Å². The first-order valence-corrected chi connectivity index (χ1v) is 18.0. The highest BCUT2D eigenvalue weighted by molar-refractivity contribution is 6.17. The summed E-state index contributed by atoms with van der Waals surface area (Å²) in [5.74, 6) is 0. The van der Waals surface area contributed by atoms with Gasteiger partial charge in [0.2, 0.25) is 0 Å². The van der Waals surface area contributed by atoms with Crippen LogP contribution in [0, 0.1) is 0 Å². The molecule has 2 aromatic heterocycles. The third-order valence-corrected chi connectivity index (χ3v) is 10.2.